The van der Waals surface area contributed by atoms with Gasteiger partial charge < -0.3 is 15.0 Å². The average molecular weight is 214 g/mol. The molecule has 0 aromatic heterocycles. The van der Waals surface area contributed by atoms with Crippen LogP contribution in [0.4, 0.5) is 0 Å². The molecular formula is C11H22N2O2. The molecule has 0 bridgehead atoms. The van der Waals surface area contributed by atoms with E-state index in [4.69, 9.17) is 0 Å². The first-order chi connectivity index (χ1) is 7.26. The summed E-state index contributed by atoms with van der Waals surface area (Å²) in [4.78, 5) is 13.3. The molecule has 4 heteroatoms. The summed E-state index contributed by atoms with van der Waals surface area (Å²) in [5, 5.41) is 3.46. The second-order valence-electron chi connectivity index (χ2n) is 4.02. The third kappa shape index (κ3) is 4.62. The number of methoxy groups -OCH3 is 1. The van der Waals surface area contributed by atoms with Gasteiger partial charge in [-0.1, -0.05) is 6.92 Å². The van der Waals surface area contributed by atoms with Crippen LogP contribution in [0.25, 0.3) is 0 Å². The van der Waals surface area contributed by atoms with Crippen molar-refractivity contribution in [1.82, 2.24) is 10.2 Å². The van der Waals surface area contributed by atoms with Crippen molar-refractivity contribution in [3.8, 4) is 0 Å². The third-order valence-electron chi connectivity index (χ3n) is 2.86. The lowest BCUT2D eigenvalue weighted by Crippen LogP contribution is -2.46. The summed E-state index contributed by atoms with van der Waals surface area (Å²) in [6, 6.07) is 0.599. The highest BCUT2D eigenvalue weighted by Crippen LogP contribution is 2.10. The van der Waals surface area contributed by atoms with Crippen LogP contribution in [-0.2, 0) is 9.53 Å². The first-order valence-electron chi connectivity index (χ1n) is 5.78. The number of likely N-dealkylation sites (N-methyl/N-ethyl adjacent to an activating group) is 1. The fraction of sp³-hybridized carbons (Fsp3) is 0.909. The highest BCUT2D eigenvalue weighted by Gasteiger charge is 2.19. The summed E-state index contributed by atoms with van der Waals surface area (Å²) in [6.07, 6.45) is 2.98. The van der Waals surface area contributed by atoms with E-state index in [1.54, 1.807) is 0 Å². The molecule has 1 aliphatic rings. The summed E-state index contributed by atoms with van der Waals surface area (Å²) < 4.78 is 4.63. The Bertz CT molecular complexity index is 195. The molecule has 0 saturated carbocycles. The number of hydrogen-bond donors (Lipinski definition) is 1. The van der Waals surface area contributed by atoms with Gasteiger partial charge in [-0.3, -0.25) is 4.79 Å². The average Bonchev–Trinajstić information content (AvgIpc) is 2.27. The van der Waals surface area contributed by atoms with Gasteiger partial charge >= 0.3 is 5.97 Å². The maximum absolute atomic E-state index is 11.0. The zero-order valence-corrected chi connectivity index (χ0v) is 9.79. The first kappa shape index (κ1) is 12.5. The monoisotopic (exact) mass is 214 g/mol. The number of hydrogen-bond acceptors (Lipinski definition) is 4. The Labute approximate surface area is 92.0 Å². The Morgan fingerprint density at radius 3 is 3.07 bits per heavy atom. The fourth-order valence-corrected chi connectivity index (χ4v) is 2.07. The standard InChI is InChI=1S/C11H22N2O2/c1-3-12-10-5-4-7-13(9-10)8-6-11(14)15-2/h10,12H,3-9H2,1-2H3. The summed E-state index contributed by atoms with van der Waals surface area (Å²) >= 11 is 0. The lowest BCUT2D eigenvalue weighted by Gasteiger charge is -2.32. The number of nitrogens with one attached hydrogen (secondary N) is 1. The molecule has 1 atom stereocenters. The summed E-state index contributed by atoms with van der Waals surface area (Å²) in [6.45, 7) is 6.15. The summed E-state index contributed by atoms with van der Waals surface area (Å²) in [5.74, 6) is -0.111. The molecule has 88 valence electrons. The molecule has 1 heterocycles. The second kappa shape index (κ2) is 6.80. The van der Waals surface area contributed by atoms with Crippen molar-refractivity contribution in [3.63, 3.8) is 0 Å². The SMILES string of the molecule is CCNC1CCCN(CCC(=O)OC)C1. The summed E-state index contributed by atoms with van der Waals surface area (Å²) in [7, 11) is 1.44. The van der Waals surface area contributed by atoms with Crippen LogP contribution in [0.1, 0.15) is 26.2 Å². The van der Waals surface area contributed by atoms with Gasteiger partial charge in [-0.05, 0) is 25.9 Å². The van der Waals surface area contributed by atoms with Crippen LogP contribution in [0.15, 0.2) is 0 Å². The number of ether oxygens (including phenoxy) is 1. The Kier molecular flexibility index (Phi) is 5.65. The Hall–Kier alpha value is -0.610. The number of carbonyl (C=O) groups is 1. The number of likely N-dealkylation sites (tertiary alicyclic amines) is 1. The van der Waals surface area contributed by atoms with Crippen molar-refractivity contribution < 1.29 is 9.53 Å². The van der Waals surface area contributed by atoms with Crippen molar-refractivity contribution in [1.29, 1.82) is 0 Å². The van der Waals surface area contributed by atoms with Gasteiger partial charge in [0.15, 0.2) is 0 Å². The van der Waals surface area contributed by atoms with E-state index >= 15 is 0 Å². The van der Waals surface area contributed by atoms with Crippen LogP contribution in [0.2, 0.25) is 0 Å². The molecule has 4 nitrogen and oxygen atoms in total. The predicted octanol–water partition coefficient (Wildman–Crippen LogP) is 0.623. The minimum atomic E-state index is -0.111. The fourth-order valence-electron chi connectivity index (χ4n) is 2.07. The van der Waals surface area contributed by atoms with Crippen LogP contribution in [0.5, 0.6) is 0 Å². The molecule has 0 aliphatic carbocycles. The molecule has 0 spiro atoms. The van der Waals surface area contributed by atoms with Crippen molar-refractivity contribution in [3.05, 3.63) is 0 Å². The second-order valence-corrected chi connectivity index (χ2v) is 4.02. The van der Waals surface area contributed by atoms with Gasteiger partial charge in [-0.15, -0.1) is 0 Å². The van der Waals surface area contributed by atoms with Crippen LogP contribution in [0.3, 0.4) is 0 Å². The van der Waals surface area contributed by atoms with E-state index in [1.807, 2.05) is 0 Å². The number of piperidine rings is 1. The highest BCUT2D eigenvalue weighted by atomic mass is 16.5. The van der Waals surface area contributed by atoms with E-state index in [0.29, 0.717) is 12.5 Å². The summed E-state index contributed by atoms with van der Waals surface area (Å²) in [5.41, 5.74) is 0. The van der Waals surface area contributed by atoms with Gasteiger partial charge in [0.25, 0.3) is 0 Å². The molecule has 0 aromatic rings. The highest BCUT2D eigenvalue weighted by molar-refractivity contribution is 5.69. The molecule has 0 aromatic carbocycles. The molecule has 0 amide bonds. The minimum Gasteiger partial charge on any atom is -0.469 e. The van der Waals surface area contributed by atoms with Crippen LogP contribution in [-0.4, -0.2) is 50.2 Å². The molecule has 1 fully saturated rings. The maximum Gasteiger partial charge on any atom is 0.306 e. The number of esters is 1. The Balaban J connectivity index is 2.21. The smallest absolute Gasteiger partial charge is 0.306 e. The normalized spacial score (nSPS) is 22.7. The number of rotatable bonds is 5. The number of nitrogens with zero attached hydrogens (tertiary/aromatic N) is 1. The van der Waals surface area contributed by atoms with Gasteiger partial charge in [-0.25, -0.2) is 0 Å². The lowest BCUT2D eigenvalue weighted by molar-refractivity contribution is -0.141. The van der Waals surface area contributed by atoms with E-state index in [2.05, 4.69) is 21.9 Å². The van der Waals surface area contributed by atoms with Crippen LogP contribution in [0, 0.1) is 0 Å². The Morgan fingerprint density at radius 1 is 1.60 bits per heavy atom. The molecule has 1 unspecified atom stereocenters. The molecule has 15 heavy (non-hydrogen) atoms. The van der Waals surface area contributed by atoms with Crippen molar-refractivity contribution >= 4 is 5.97 Å². The van der Waals surface area contributed by atoms with Gasteiger partial charge in [0.1, 0.15) is 0 Å². The van der Waals surface area contributed by atoms with E-state index < -0.39 is 0 Å². The zero-order valence-electron chi connectivity index (χ0n) is 9.79. The predicted molar refractivity (Wildman–Crippen MR) is 59.8 cm³/mol. The van der Waals surface area contributed by atoms with Crippen LogP contribution < -0.4 is 5.32 Å². The molecular weight excluding hydrogens is 192 g/mol. The molecule has 1 aliphatic heterocycles. The molecule has 1 saturated heterocycles. The van der Waals surface area contributed by atoms with Gasteiger partial charge in [-0.2, -0.15) is 0 Å². The minimum absolute atomic E-state index is 0.111. The largest absolute Gasteiger partial charge is 0.469 e. The van der Waals surface area contributed by atoms with E-state index in [0.717, 1.165) is 26.2 Å². The molecule has 1 N–H and O–H groups in total. The third-order valence-corrected chi connectivity index (χ3v) is 2.86. The molecule has 0 radical (unpaired) electrons. The number of carbonyl (C=O) groups excluding carboxylic acids is 1. The first-order valence-corrected chi connectivity index (χ1v) is 5.78. The van der Waals surface area contributed by atoms with Gasteiger partial charge in [0.2, 0.25) is 0 Å². The topological polar surface area (TPSA) is 41.6 Å². The van der Waals surface area contributed by atoms with Crippen molar-refractivity contribution in [2.24, 2.45) is 0 Å². The van der Waals surface area contributed by atoms with Gasteiger partial charge in [0, 0.05) is 19.1 Å². The van der Waals surface area contributed by atoms with Crippen LogP contribution >= 0.6 is 0 Å². The van der Waals surface area contributed by atoms with E-state index in [9.17, 15) is 4.79 Å². The quantitative estimate of drug-likeness (QED) is 0.681. The van der Waals surface area contributed by atoms with E-state index in [-0.39, 0.29) is 5.97 Å². The zero-order chi connectivity index (χ0) is 11.1. The van der Waals surface area contributed by atoms with Crippen molar-refractivity contribution in [2.45, 2.75) is 32.2 Å². The van der Waals surface area contributed by atoms with Gasteiger partial charge in [0.05, 0.1) is 13.5 Å². The van der Waals surface area contributed by atoms with Crippen molar-refractivity contribution in [2.75, 3.05) is 33.3 Å². The maximum atomic E-state index is 11.0. The lowest BCUT2D eigenvalue weighted by atomic mass is 10.1. The Morgan fingerprint density at radius 2 is 2.40 bits per heavy atom. The van der Waals surface area contributed by atoms with E-state index in [1.165, 1.54) is 20.0 Å². The molecule has 1 rings (SSSR count).